The van der Waals surface area contributed by atoms with Gasteiger partial charge < -0.3 is 0 Å². The van der Waals surface area contributed by atoms with Crippen molar-refractivity contribution in [1.29, 1.82) is 5.26 Å². The first kappa shape index (κ1) is 16.4. The molecule has 0 radical (unpaired) electrons. The number of rotatable bonds is 5. The average molecular weight is 340 g/mol. The summed E-state index contributed by atoms with van der Waals surface area (Å²) in [7, 11) is -4.56. The van der Waals surface area contributed by atoms with E-state index in [2.05, 4.69) is 4.98 Å². The van der Waals surface area contributed by atoms with Crippen molar-refractivity contribution < 1.29 is 17.2 Å². The molecule has 0 unspecified atom stereocenters. The number of aromatic nitrogens is 1. The fraction of sp³-hybridized carbons (Fsp3) is 0.143. The summed E-state index contributed by atoms with van der Waals surface area (Å²) in [5.74, 6) is -2.94. The van der Waals surface area contributed by atoms with Crippen LogP contribution in [0.5, 0.6) is 0 Å². The van der Waals surface area contributed by atoms with Crippen LogP contribution in [0.1, 0.15) is 11.1 Å². The van der Waals surface area contributed by atoms with Crippen molar-refractivity contribution in [2.75, 3.05) is 0 Å². The van der Waals surface area contributed by atoms with E-state index in [0.29, 0.717) is 16.3 Å². The molecule has 2 aromatic rings. The maximum absolute atomic E-state index is 12.4. The van der Waals surface area contributed by atoms with Gasteiger partial charge in [-0.05, 0) is 29.8 Å². The molecule has 0 saturated carbocycles. The molecule has 0 fully saturated rings. The zero-order valence-electron chi connectivity index (χ0n) is 11.1. The number of benzene rings is 1. The first-order valence-electron chi connectivity index (χ1n) is 6.03. The van der Waals surface area contributed by atoms with E-state index in [1.807, 2.05) is 6.07 Å². The van der Waals surface area contributed by atoms with Crippen molar-refractivity contribution in [3.05, 3.63) is 53.7 Å². The Bertz CT molecular complexity index is 800. The highest BCUT2D eigenvalue weighted by Crippen LogP contribution is 2.23. The summed E-state index contributed by atoms with van der Waals surface area (Å²) in [4.78, 5) is 3.70. The zero-order chi connectivity index (χ0) is 16.2. The SMILES string of the molecule is N#Cc1ccnc(SCc2ccc(S(=O)(=O)C(F)F)cc2)c1. The molecular weight excluding hydrogens is 330 g/mol. The molecule has 114 valence electrons. The topological polar surface area (TPSA) is 70.8 Å². The third-order valence-electron chi connectivity index (χ3n) is 2.74. The second-order valence-corrected chi connectivity index (χ2v) is 7.15. The van der Waals surface area contributed by atoms with Gasteiger partial charge in [0.15, 0.2) is 0 Å². The zero-order valence-corrected chi connectivity index (χ0v) is 12.7. The maximum atomic E-state index is 12.4. The van der Waals surface area contributed by atoms with E-state index >= 15 is 0 Å². The molecule has 22 heavy (non-hydrogen) atoms. The van der Waals surface area contributed by atoms with Gasteiger partial charge in [-0.1, -0.05) is 12.1 Å². The highest BCUT2D eigenvalue weighted by molar-refractivity contribution is 7.98. The molecule has 0 N–H and O–H groups in total. The molecule has 0 amide bonds. The lowest BCUT2D eigenvalue weighted by Crippen LogP contribution is -2.11. The van der Waals surface area contributed by atoms with Gasteiger partial charge in [0.2, 0.25) is 9.84 Å². The van der Waals surface area contributed by atoms with Crippen molar-refractivity contribution in [3.63, 3.8) is 0 Å². The molecule has 0 aliphatic rings. The Morgan fingerprint density at radius 1 is 1.23 bits per heavy atom. The Hall–Kier alpha value is -1.98. The van der Waals surface area contributed by atoms with Crippen LogP contribution in [-0.4, -0.2) is 19.2 Å². The van der Waals surface area contributed by atoms with Gasteiger partial charge in [-0.2, -0.15) is 14.0 Å². The molecule has 1 heterocycles. The minimum atomic E-state index is -4.56. The van der Waals surface area contributed by atoms with Gasteiger partial charge in [-0.25, -0.2) is 13.4 Å². The number of hydrogen-bond acceptors (Lipinski definition) is 5. The summed E-state index contributed by atoms with van der Waals surface area (Å²) < 4.78 is 47.4. The van der Waals surface area contributed by atoms with Gasteiger partial charge in [-0.15, -0.1) is 11.8 Å². The monoisotopic (exact) mass is 340 g/mol. The maximum Gasteiger partial charge on any atom is 0.341 e. The van der Waals surface area contributed by atoms with E-state index in [1.54, 1.807) is 12.1 Å². The molecule has 1 aromatic heterocycles. The molecule has 8 heteroatoms. The molecule has 0 bridgehead atoms. The number of halogens is 2. The third kappa shape index (κ3) is 3.81. The average Bonchev–Trinajstić information content (AvgIpc) is 2.53. The van der Waals surface area contributed by atoms with E-state index in [0.717, 1.165) is 17.7 Å². The number of sulfone groups is 1. The summed E-state index contributed by atoms with van der Waals surface area (Å²) in [6.07, 6.45) is 1.53. The molecule has 0 aliphatic carbocycles. The van der Waals surface area contributed by atoms with E-state index in [1.165, 1.54) is 30.1 Å². The number of nitriles is 1. The number of pyridine rings is 1. The molecular formula is C14H10F2N2O2S2. The third-order valence-corrected chi connectivity index (χ3v) is 5.13. The van der Waals surface area contributed by atoms with E-state index in [4.69, 9.17) is 5.26 Å². The summed E-state index contributed by atoms with van der Waals surface area (Å²) in [5, 5.41) is 9.45. The van der Waals surface area contributed by atoms with Gasteiger partial charge in [0, 0.05) is 11.9 Å². The van der Waals surface area contributed by atoms with Crippen LogP contribution in [0.15, 0.2) is 52.5 Å². The van der Waals surface area contributed by atoms with E-state index in [-0.39, 0.29) is 0 Å². The summed E-state index contributed by atoms with van der Waals surface area (Å²) in [5.41, 5.74) is 1.26. The Kier molecular flexibility index (Phi) is 5.11. The van der Waals surface area contributed by atoms with Crippen molar-refractivity contribution >= 4 is 21.6 Å². The van der Waals surface area contributed by atoms with Crippen LogP contribution < -0.4 is 0 Å². The molecule has 0 atom stereocenters. The molecule has 0 saturated heterocycles. The van der Waals surface area contributed by atoms with E-state index < -0.39 is 20.5 Å². The standard InChI is InChI=1S/C14H10F2N2O2S2/c15-14(16)22(19,20)12-3-1-10(2-4-12)9-21-13-7-11(8-17)5-6-18-13/h1-7,14H,9H2. The number of hydrogen-bond donors (Lipinski definition) is 0. The van der Waals surface area contributed by atoms with Crippen LogP contribution in [0.25, 0.3) is 0 Å². The molecule has 0 aliphatic heterocycles. The fourth-order valence-electron chi connectivity index (χ4n) is 1.59. The number of nitrogens with zero attached hydrogens (tertiary/aromatic N) is 2. The van der Waals surface area contributed by atoms with Gasteiger partial charge in [-0.3, -0.25) is 0 Å². The van der Waals surface area contributed by atoms with Crippen molar-refractivity contribution in [2.24, 2.45) is 0 Å². The van der Waals surface area contributed by atoms with Crippen molar-refractivity contribution in [1.82, 2.24) is 4.98 Å². The minimum Gasteiger partial charge on any atom is -0.250 e. The lowest BCUT2D eigenvalue weighted by molar-refractivity contribution is 0.234. The van der Waals surface area contributed by atoms with E-state index in [9.17, 15) is 17.2 Å². The Labute approximate surface area is 130 Å². The van der Waals surface area contributed by atoms with Crippen LogP contribution >= 0.6 is 11.8 Å². The second kappa shape index (κ2) is 6.85. The van der Waals surface area contributed by atoms with Gasteiger partial charge in [0.25, 0.3) is 0 Å². The highest BCUT2D eigenvalue weighted by Gasteiger charge is 2.26. The fourth-order valence-corrected chi connectivity index (χ4v) is 3.17. The normalized spacial score (nSPS) is 11.4. The Balaban J connectivity index is 2.07. The minimum absolute atomic E-state index is 0.402. The van der Waals surface area contributed by atoms with Gasteiger partial charge in [0.1, 0.15) is 0 Å². The highest BCUT2D eigenvalue weighted by atomic mass is 32.2. The lowest BCUT2D eigenvalue weighted by atomic mass is 10.2. The molecule has 4 nitrogen and oxygen atoms in total. The Morgan fingerprint density at radius 3 is 2.50 bits per heavy atom. The van der Waals surface area contributed by atoms with Gasteiger partial charge >= 0.3 is 5.76 Å². The first-order valence-corrected chi connectivity index (χ1v) is 8.56. The number of alkyl halides is 2. The first-order chi connectivity index (χ1) is 10.4. The summed E-state index contributed by atoms with van der Waals surface area (Å²) in [6.45, 7) is 0. The van der Waals surface area contributed by atoms with Crippen LogP contribution in [0, 0.1) is 11.3 Å². The second-order valence-electron chi connectivity index (χ2n) is 4.23. The van der Waals surface area contributed by atoms with Crippen LogP contribution in [0.2, 0.25) is 0 Å². The van der Waals surface area contributed by atoms with Crippen molar-refractivity contribution in [3.8, 4) is 6.07 Å². The predicted octanol–water partition coefficient (Wildman–Crippen LogP) is 3.24. The quantitative estimate of drug-likeness (QED) is 0.782. The molecule has 0 spiro atoms. The van der Waals surface area contributed by atoms with Crippen LogP contribution in [0.3, 0.4) is 0 Å². The van der Waals surface area contributed by atoms with Gasteiger partial charge in [0.05, 0.1) is 21.6 Å². The smallest absolute Gasteiger partial charge is 0.250 e. The summed E-state index contributed by atoms with van der Waals surface area (Å²) in [6, 6.07) is 10.5. The number of thioether (sulfide) groups is 1. The molecule has 1 aromatic carbocycles. The van der Waals surface area contributed by atoms with Crippen LogP contribution in [-0.2, 0) is 15.6 Å². The summed E-state index contributed by atoms with van der Waals surface area (Å²) >= 11 is 1.36. The lowest BCUT2D eigenvalue weighted by Gasteiger charge is -2.05. The van der Waals surface area contributed by atoms with Crippen molar-refractivity contribution in [2.45, 2.75) is 21.4 Å². The predicted molar refractivity (Wildman–Crippen MR) is 78.1 cm³/mol. The van der Waals surface area contributed by atoms with Crippen LogP contribution in [0.4, 0.5) is 8.78 Å². The molecule has 2 rings (SSSR count). The largest absolute Gasteiger partial charge is 0.341 e. The Morgan fingerprint density at radius 2 is 1.91 bits per heavy atom.